The molecule has 9 unspecified atom stereocenters. The number of ketones is 2. The number of hydrogen-bond donors (Lipinski definition) is 3. The number of aliphatic hydroxyl groups is 1. The van der Waals surface area contributed by atoms with Gasteiger partial charge in [-0.3, -0.25) is 24.0 Å². The highest BCUT2D eigenvalue weighted by molar-refractivity contribution is 6.01. The standard InChI is InChI=1S/C29H39N3O13.C4H7NO5/c1-15-8-20-19-5-4-16-9-17(33)6-7-28(16,2)26(19)22(34)11-29(20,3)25(15)23(35)14-42-24(36)10-21(30)27(37)43-12-18(45-32(40)41)13-44-31(38)39;6-4(7)2-1-3-10-5(8)9/h6-7,9,15,18-22,25-26,34H,4-5,8,10-14,30H2,1-3H3;1-3H2,(H,6,7)/t15-,18?,19?,20?,21?,22?,25?,26?,28?,29?;/m1./s1. The van der Waals surface area contributed by atoms with Gasteiger partial charge in [-0.15, -0.1) is 30.3 Å². The molecule has 55 heavy (non-hydrogen) atoms. The normalized spacial score (nSPS) is 29.9. The Morgan fingerprint density at radius 2 is 1.71 bits per heavy atom. The largest absolute Gasteiger partial charge is 0.481 e. The number of Topliss-reactive ketones (excluding diaryl/α,β-unsaturated/α-hetero) is 1. The maximum atomic E-state index is 13.5. The molecule has 0 heterocycles. The van der Waals surface area contributed by atoms with Gasteiger partial charge in [0.2, 0.25) is 0 Å². The lowest BCUT2D eigenvalue weighted by atomic mass is 9.46. The van der Waals surface area contributed by atoms with Gasteiger partial charge in [-0.1, -0.05) is 32.4 Å². The fourth-order valence-electron chi connectivity index (χ4n) is 8.96. The van der Waals surface area contributed by atoms with E-state index in [4.69, 9.17) is 20.3 Å². The zero-order chi connectivity index (χ0) is 41.2. The Hall–Kier alpha value is -5.25. The fourth-order valence-corrected chi connectivity index (χ4v) is 8.96. The Labute approximate surface area is 313 Å². The summed E-state index contributed by atoms with van der Waals surface area (Å²) in [5.41, 5.74) is 5.78. The van der Waals surface area contributed by atoms with Gasteiger partial charge in [-0.25, -0.2) is 0 Å². The summed E-state index contributed by atoms with van der Waals surface area (Å²) in [7, 11) is 0. The van der Waals surface area contributed by atoms with Crippen LogP contribution in [0.1, 0.15) is 65.7 Å². The quantitative estimate of drug-likeness (QED) is 0.0763. The van der Waals surface area contributed by atoms with E-state index in [2.05, 4.69) is 21.4 Å². The number of rotatable bonds is 18. The molecule has 22 nitrogen and oxygen atoms in total. The van der Waals surface area contributed by atoms with E-state index in [0.717, 1.165) is 24.8 Å². The van der Waals surface area contributed by atoms with Gasteiger partial charge in [-0.2, -0.15) is 0 Å². The number of aliphatic hydroxyl groups excluding tert-OH is 1. The summed E-state index contributed by atoms with van der Waals surface area (Å²) < 4.78 is 9.96. The number of ether oxygens (including phenoxy) is 2. The van der Waals surface area contributed by atoms with Crippen LogP contribution in [0.5, 0.6) is 0 Å². The highest BCUT2D eigenvalue weighted by Gasteiger charge is 2.64. The molecule has 4 aliphatic carbocycles. The first-order valence-electron chi connectivity index (χ1n) is 17.5. The molecule has 4 rings (SSSR count). The van der Waals surface area contributed by atoms with Crippen LogP contribution in [0.25, 0.3) is 0 Å². The molecule has 22 heteroatoms. The van der Waals surface area contributed by atoms with Gasteiger partial charge >= 0.3 is 17.9 Å². The van der Waals surface area contributed by atoms with Crippen molar-refractivity contribution in [1.29, 1.82) is 0 Å². The van der Waals surface area contributed by atoms with Crippen molar-refractivity contribution in [2.45, 2.75) is 84.0 Å². The number of carboxylic acids is 1. The topological polar surface area (TPSA) is 327 Å². The molecule has 3 fully saturated rings. The van der Waals surface area contributed by atoms with Crippen LogP contribution in [0.2, 0.25) is 0 Å². The minimum absolute atomic E-state index is 0.0313. The second-order valence-electron chi connectivity index (χ2n) is 14.6. The van der Waals surface area contributed by atoms with Crippen molar-refractivity contribution >= 4 is 29.5 Å². The van der Waals surface area contributed by atoms with Crippen LogP contribution < -0.4 is 5.73 Å². The zero-order valence-electron chi connectivity index (χ0n) is 30.5. The summed E-state index contributed by atoms with van der Waals surface area (Å²) in [5, 5.41) is 46.6. The molecule has 0 aromatic carbocycles. The minimum Gasteiger partial charge on any atom is -0.481 e. The zero-order valence-corrected chi connectivity index (χ0v) is 30.5. The first-order chi connectivity index (χ1) is 25.7. The molecule has 0 bridgehead atoms. The monoisotopic (exact) mass is 786 g/mol. The molecular weight excluding hydrogens is 740 g/mol. The maximum absolute atomic E-state index is 13.5. The van der Waals surface area contributed by atoms with E-state index in [1.165, 1.54) is 0 Å². The molecule has 10 atom stereocenters. The first kappa shape index (κ1) is 44.1. The van der Waals surface area contributed by atoms with Crippen LogP contribution >= 0.6 is 0 Å². The van der Waals surface area contributed by atoms with Crippen LogP contribution in [-0.2, 0) is 48.0 Å². The molecule has 3 saturated carbocycles. The summed E-state index contributed by atoms with van der Waals surface area (Å²) in [6, 6.07) is -1.55. The number of nitrogens with zero attached hydrogens (tertiary/aromatic N) is 3. The van der Waals surface area contributed by atoms with Crippen molar-refractivity contribution in [2.24, 2.45) is 46.2 Å². The lowest BCUT2D eigenvalue weighted by Crippen LogP contribution is -2.56. The van der Waals surface area contributed by atoms with Crippen LogP contribution in [0.15, 0.2) is 23.8 Å². The smallest absolute Gasteiger partial charge is 0.323 e. The van der Waals surface area contributed by atoms with Crippen molar-refractivity contribution in [1.82, 2.24) is 0 Å². The number of nitrogens with two attached hydrogens (primary N) is 1. The number of fused-ring (bicyclic) bond motifs is 5. The number of hydrogen-bond acceptors (Lipinski definition) is 18. The molecule has 0 aliphatic heterocycles. The molecule has 306 valence electrons. The number of esters is 2. The molecule has 4 aliphatic rings. The summed E-state index contributed by atoms with van der Waals surface area (Å²) in [6.45, 7) is 3.68. The first-order valence-corrected chi connectivity index (χ1v) is 17.5. The van der Waals surface area contributed by atoms with E-state index in [-0.39, 0.29) is 54.7 Å². The highest BCUT2D eigenvalue weighted by Crippen LogP contribution is 2.67. The minimum atomic E-state index is -1.61. The van der Waals surface area contributed by atoms with Crippen molar-refractivity contribution < 1.29 is 73.4 Å². The van der Waals surface area contributed by atoms with Gasteiger partial charge in [0.15, 0.2) is 17.7 Å². The molecule has 0 aromatic rings. The Morgan fingerprint density at radius 3 is 2.33 bits per heavy atom. The second-order valence-corrected chi connectivity index (χ2v) is 14.6. The predicted octanol–water partition coefficient (Wildman–Crippen LogP) is 1.34. The number of carbonyl (C=O) groups is 5. The molecule has 0 amide bonds. The van der Waals surface area contributed by atoms with E-state index in [1.54, 1.807) is 12.2 Å². The summed E-state index contributed by atoms with van der Waals surface area (Å²) >= 11 is 0. The third kappa shape index (κ3) is 11.4. The lowest BCUT2D eigenvalue weighted by Gasteiger charge is -2.58. The number of carbonyl (C=O) groups excluding carboxylic acids is 4. The fraction of sp³-hybridized carbons (Fsp3) is 0.727. The predicted molar refractivity (Wildman–Crippen MR) is 180 cm³/mol. The molecule has 0 aromatic heterocycles. The Morgan fingerprint density at radius 1 is 1.04 bits per heavy atom. The van der Waals surface area contributed by atoms with E-state index in [9.17, 15) is 59.4 Å². The number of aliphatic carboxylic acids is 1. The van der Waals surface area contributed by atoms with Gasteiger partial charge in [-0.05, 0) is 67.4 Å². The van der Waals surface area contributed by atoms with Crippen molar-refractivity contribution in [3.05, 3.63) is 54.1 Å². The van der Waals surface area contributed by atoms with Crippen LogP contribution in [0.4, 0.5) is 0 Å². The highest BCUT2D eigenvalue weighted by atomic mass is 17.0. The Kier molecular flexibility index (Phi) is 15.1. The van der Waals surface area contributed by atoms with Gasteiger partial charge in [0.05, 0.1) is 19.1 Å². The molecule has 4 N–H and O–H groups in total. The van der Waals surface area contributed by atoms with Crippen molar-refractivity contribution in [3.8, 4) is 0 Å². The molecule has 0 saturated heterocycles. The summed E-state index contributed by atoms with van der Waals surface area (Å²) in [6.07, 6.45) is 5.00. The van der Waals surface area contributed by atoms with E-state index in [0.29, 0.717) is 6.42 Å². The van der Waals surface area contributed by atoms with Gasteiger partial charge in [0, 0.05) is 23.7 Å². The Bertz CT molecular complexity index is 1550. The number of allylic oxidation sites excluding steroid dienone is 4. The van der Waals surface area contributed by atoms with Crippen LogP contribution in [0.3, 0.4) is 0 Å². The van der Waals surface area contributed by atoms with Crippen LogP contribution in [0, 0.1) is 70.8 Å². The van der Waals surface area contributed by atoms with Gasteiger partial charge in [0.1, 0.15) is 25.9 Å². The molecule has 0 spiro atoms. The van der Waals surface area contributed by atoms with Gasteiger partial charge < -0.3 is 39.9 Å². The van der Waals surface area contributed by atoms with E-state index >= 15 is 0 Å². The van der Waals surface area contributed by atoms with Gasteiger partial charge in [0.25, 0.3) is 15.3 Å². The Balaban J connectivity index is 0.000000712. The summed E-state index contributed by atoms with van der Waals surface area (Å²) in [5.74, 6) is -3.71. The average Bonchev–Trinajstić information content (AvgIpc) is 3.35. The van der Waals surface area contributed by atoms with E-state index < -0.39 is 94.4 Å². The molecular formula is C33H46N4O18. The van der Waals surface area contributed by atoms with Crippen molar-refractivity contribution in [3.63, 3.8) is 0 Å². The third-order valence-corrected chi connectivity index (χ3v) is 11.0. The average molecular weight is 787 g/mol. The number of carboxylic acid groups (broad SMARTS) is 1. The van der Waals surface area contributed by atoms with E-state index in [1.807, 2.05) is 19.9 Å². The lowest BCUT2D eigenvalue weighted by molar-refractivity contribution is -0.790. The van der Waals surface area contributed by atoms with Crippen molar-refractivity contribution in [2.75, 3.05) is 26.4 Å². The third-order valence-electron chi connectivity index (χ3n) is 11.0. The summed E-state index contributed by atoms with van der Waals surface area (Å²) in [4.78, 5) is 102. The SMILES string of the molecule is C[C@@H]1CC2C3CCC4=CC(=O)C=CC4(C)C3C(O)CC2(C)C1C(=O)COC(=O)CC(N)C(=O)OCC(CO[N+](=O)[O-])O[N+](=O)[O-].O=C(O)CCCO[N+](=O)[O-]. The molecule has 0 radical (unpaired) electrons. The second kappa shape index (κ2) is 18.9. The van der Waals surface area contributed by atoms with Crippen LogP contribution in [-0.4, -0.2) is 99.6 Å². The maximum Gasteiger partial charge on any atom is 0.323 e.